The van der Waals surface area contributed by atoms with Crippen LogP contribution in [0.3, 0.4) is 0 Å². The molecule has 0 radical (unpaired) electrons. The van der Waals surface area contributed by atoms with E-state index < -0.39 is 0 Å². The largest absolute Gasteiger partial charge is 0.354 e. The normalized spacial score (nSPS) is 22.8. The van der Waals surface area contributed by atoms with E-state index in [-0.39, 0.29) is 11.9 Å². The molecule has 26 heavy (non-hydrogen) atoms. The van der Waals surface area contributed by atoms with Crippen molar-refractivity contribution in [3.05, 3.63) is 36.0 Å². The van der Waals surface area contributed by atoms with Crippen LogP contribution in [0, 0.1) is 5.92 Å². The smallest absolute Gasteiger partial charge is 0.244 e. The lowest BCUT2D eigenvalue weighted by molar-refractivity contribution is -0.117. The van der Waals surface area contributed by atoms with Crippen LogP contribution in [0.4, 0.5) is 5.82 Å². The number of nitrogens with one attached hydrogen (secondary N) is 1. The minimum atomic E-state index is 0.0779. The van der Waals surface area contributed by atoms with Crippen molar-refractivity contribution >= 4 is 11.7 Å². The Kier molecular flexibility index (Phi) is 6.67. The molecule has 1 aliphatic carbocycles. The molecule has 5 heteroatoms. The van der Waals surface area contributed by atoms with E-state index in [9.17, 15) is 4.79 Å². The fourth-order valence-electron chi connectivity index (χ4n) is 3.88. The molecule has 1 atom stereocenters. The van der Waals surface area contributed by atoms with E-state index in [0.717, 1.165) is 57.3 Å². The van der Waals surface area contributed by atoms with Crippen molar-refractivity contribution in [2.75, 3.05) is 37.6 Å². The first kappa shape index (κ1) is 18.9. The van der Waals surface area contributed by atoms with Gasteiger partial charge >= 0.3 is 0 Å². The zero-order chi connectivity index (χ0) is 18.4. The molecule has 2 aliphatic rings. The third-order valence-corrected chi connectivity index (χ3v) is 5.52. The van der Waals surface area contributed by atoms with E-state index in [0.29, 0.717) is 0 Å². The van der Waals surface area contributed by atoms with Gasteiger partial charge in [0.15, 0.2) is 0 Å². The van der Waals surface area contributed by atoms with Gasteiger partial charge in [-0.1, -0.05) is 18.6 Å². The Morgan fingerprint density at radius 3 is 2.65 bits per heavy atom. The lowest BCUT2D eigenvalue weighted by Gasteiger charge is -2.36. The summed E-state index contributed by atoms with van der Waals surface area (Å²) in [6.07, 6.45) is 8.30. The van der Waals surface area contributed by atoms with Gasteiger partial charge in [0.1, 0.15) is 5.82 Å². The molecule has 0 spiro atoms. The third-order valence-electron chi connectivity index (χ3n) is 5.52. The van der Waals surface area contributed by atoms with E-state index in [4.69, 9.17) is 0 Å². The second kappa shape index (κ2) is 9.17. The van der Waals surface area contributed by atoms with Crippen molar-refractivity contribution in [3.8, 4) is 0 Å². The van der Waals surface area contributed by atoms with Gasteiger partial charge in [0.05, 0.1) is 0 Å². The quantitative estimate of drug-likeness (QED) is 0.824. The number of anilines is 1. The van der Waals surface area contributed by atoms with E-state index in [1.807, 2.05) is 24.4 Å². The lowest BCUT2D eigenvalue weighted by atomic mass is 9.87. The molecule has 1 amide bonds. The van der Waals surface area contributed by atoms with Crippen LogP contribution in [0.2, 0.25) is 0 Å². The Balaban J connectivity index is 1.39. The fourth-order valence-corrected chi connectivity index (χ4v) is 3.88. The minimum absolute atomic E-state index is 0.0779. The molecule has 2 heterocycles. The SMILES string of the molecule is CC1CCC(=CC(=O)NC(C)CN2CCN(c3ccccn3)CC2)CC1. The number of pyridine rings is 1. The summed E-state index contributed by atoms with van der Waals surface area (Å²) in [5.74, 6) is 1.94. The summed E-state index contributed by atoms with van der Waals surface area (Å²) in [6.45, 7) is 9.30. The number of carbonyl (C=O) groups excluding carboxylic acids is 1. The van der Waals surface area contributed by atoms with Crippen LogP contribution in [0.25, 0.3) is 0 Å². The molecule has 2 fully saturated rings. The first-order chi connectivity index (χ1) is 12.6. The van der Waals surface area contributed by atoms with Crippen molar-refractivity contribution in [1.29, 1.82) is 0 Å². The van der Waals surface area contributed by atoms with Gasteiger partial charge in [-0.3, -0.25) is 9.69 Å². The molecule has 1 unspecified atom stereocenters. The van der Waals surface area contributed by atoms with Crippen LogP contribution in [0.1, 0.15) is 39.5 Å². The highest BCUT2D eigenvalue weighted by Gasteiger charge is 2.20. The number of aromatic nitrogens is 1. The maximum Gasteiger partial charge on any atom is 0.244 e. The molecule has 1 saturated carbocycles. The van der Waals surface area contributed by atoms with Crippen molar-refractivity contribution in [3.63, 3.8) is 0 Å². The highest BCUT2D eigenvalue weighted by molar-refractivity contribution is 5.88. The summed E-state index contributed by atoms with van der Waals surface area (Å²) < 4.78 is 0. The van der Waals surface area contributed by atoms with Crippen LogP contribution >= 0.6 is 0 Å². The summed E-state index contributed by atoms with van der Waals surface area (Å²) in [5, 5.41) is 3.15. The molecule has 3 rings (SSSR count). The van der Waals surface area contributed by atoms with Crippen molar-refractivity contribution in [2.45, 2.75) is 45.6 Å². The molecule has 1 aromatic rings. The Bertz CT molecular complexity index is 598. The van der Waals surface area contributed by atoms with Crippen LogP contribution in [0.5, 0.6) is 0 Å². The predicted octanol–water partition coefficient (Wildman–Crippen LogP) is 2.84. The van der Waals surface area contributed by atoms with Crippen LogP contribution in [-0.4, -0.2) is 54.6 Å². The number of allylic oxidation sites excluding steroid dienone is 1. The number of hydrogen-bond donors (Lipinski definition) is 1. The summed E-state index contributed by atoms with van der Waals surface area (Å²) in [5.41, 5.74) is 1.32. The highest BCUT2D eigenvalue weighted by Crippen LogP contribution is 2.27. The monoisotopic (exact) mass is 356 g/mol. The number of hydrogen-bond acceptors (Lipinski definition) is 4. The molecule has 142 valence electrons. The highest BCUT2D eigenvalue weighted by atomic mass is 16.1. The Labute approximate surface area is 157 Å². The van der Waals surface area contributed by atoms with Crippen molar-refractivity contribution in [2.24, 2.45) is 5.92 Å². The summed E-state index contributed by atoms with van der Waals surface area (Å²) in [7, 11) is 0. The van der Waals surface area contributed by atoms with Gasteiger partial charge in [0, 0.05) is 51.0 Å². The zero-order valence-corrected chi connectivity index (χ0v) is 16.2. The van der Waals surface area contributed by atoms with Crippen LogP contribution < -0.4 is 10.2 Å². The Hall–Kier alpha value is -1.88. The summed E-state index contributed by atoms with van der Waals surface area (Å²) >= 11 is 0. The fraction of sp³-hybridized carbons (Fsp3) is 0.619. The number of nitrogens with zero attached hydrogens (tertiary/aromatic N) is 3. The van der Waals surface area contributed by atoms with E-state index in [2.05, 4.69) is 40.0 Å². The number of carbonyl (C=O) groups is 1. The standard InChI is InChI=1S/C21H32N4O/c1-17-6-8-19(9-7-17)15-21(26)23-18(2)16-24-11-13-25(14-12-24)20-5-3-4-10-22-20/h3-5,10,15,17-18H,6-9,11-14,16H2,1-2H3,(H,23,26). The predicted molar refractivity (Wildman–Crippen MR) is 106 cm³/mol. The molecule has 1 N–H and O–H groups in total. The van der Waals surface area contributed by atoms with E-state index in [1.54, 1.807) is 0 Å². The summed E-state index contributed by atoms with van der Waals surface area (Å²) in [4.78, 5) is 21.4. The van der Waals surface area contributed by atoms with Gasteiger partial charge in [-0.05, 0) is 50.7 Å². The molecule has 0 bridgehead atoms. The number of piperazine rings is 1. The molecule has 5 nitrogen and oxygen atoms in total. The summed E-state index contributed by atoms with van der Waals surface area (Å²) in [6, 6.07) is 6.22. The topological polar surface area (TPSA) is 48.5 Å². The second-order valence-corrected chi connectivity index (χ2v) is 7.87. The van der Waals surface area contributed by atoms with Crippen LogP contribution in [0.15, 0.2) is 36.0 Å². The Morgan fingerprint density at radius 1 is 1.27 bits per heavy atom. The average Bonchev–Trinajstić information content (AvgIpc) is 2.65. The van der Waals surface area contributed by atoms with E-state index >= 15 is 0 Å². The van der Waals surface area contributed by atoms with Crippen molar-refractivity contribution in [1.82, 2.24) is 15.2 Å². The molecule has 0 aromatic carbocycles. The number of rotatable bonds is 5. The lowest BCUT2D eigenvalue weighted by Crippen LogP contribution is -2.50. The van der Waals surface area contributed by atoms with Gasteiger partial charge in [0.2, 0.25) is 5.91 Å². The first-order valence-electron chi connectivity index (χ1n) is 9.98. The van der Waals surface area contributed by atoms with Gasteiger partial charge in [-0.2, -0.15) is 0 Å². The molecule has 1 aromatic heterocycles. The van der Waals surface area contributed by atoms with Gasteiger partial charge in [0.25, 0.3) is 0 Å². The maximum atomic E-state index is 12.3. The zero-order valence-electron chi connectivity index (χ0n) is 16.2. The second-order valence-electron chi connectivity index (χ2n) is 7.87. The Morgan fingerprint density at radius 2 is 2.00 bits per heavy atom. The first-order valence-corrected chi connectivity index (χ1v) is 9.98. The molecular formula is C21H32N4O. The molecular weight excluding hydrogens is 324 g/mol. The van der Waals surface area contributed by atoms with Gasteiger partial charge in [-0.25, -0.2) is 4.98 Å². The average molecular weight is 357 g/mol. The third kappa shape index (κ3) is 5.56. The minimum Gasteiger partial charge on any atom is -0.354 e. The number of amides is 1. The van der Waals surface area contributed by atoms with Gasteiger partial charge in [-0.15, -0.1) is 0 Å². The van der Waals surface area contributed by atoms with E-state index in [1.165, 1.54) is 18.4 Å². The van der Waals surface area contributed by atoms with Crippen molar-refractivity contribution < 1.29 is 4.79 Å². The molecule has 1 saturated heterocycles. The van der Waals surface area contributed by atoms with Crippen LogP contribution in [-0.2, 0) is 4.79 Å². The maximum absolute atomic E-state index is 12.3. The van der Waals surface area contributed by atoms with Gasteiger partial charge < -0.3 is 10.2 Å². The molecule has 1 aliphatic heterocycles.